The molecule has 1 aromatic heterocycles. The Hall–Kier alpha value is -1.02. The molecule has 0 aromatic carbocycles. The van der Waals surface area contributed by atoms with Crippen LogP contribution in [0.25, 0.3) is 0 Å². The molecule has 3 unspecified atom stereocenters. The van der Waals surface area contributed by atoms with Gasteiger partial charge in [0.1, 0.15) is 12.2 Å². The third-order valence-electron chi connectivity index (χ3n) is 4.22. The summed E-state index contributed by atoms with van der Waals surface area (Å²) in [5.74, 6) is 1.17. The molecule has 2 aliphatic heterocycles. The van der Waals surface area contributed by atoms with E-state index in [9.17, 15) is 0 Å². The minimum absolute atomic E-state index is 0.104. The van der Waals surface area contributed by atoms with Gasteiger partial charge in [0, 0.05) is 25.7 Å². The number of ether oxygens (including phenoxy) is 2. The minimum atomic E-state index is -0.121. The Labute approximate surface area is 124 Å². The highest BCUT2D eigenvalue weighted by Gasteiger charge is 2.32. The normalized spacial score (nSPS) is 31.1. The van der Waals surface area contributed by atoms with E-state index < -0.39 is 0 Å². The molecule has 0 bridgehead atoms. The van der Waals surface area contributed by atoms with Crippen molar-refractivity contribution in [1.29, 1.82) is 0 Å². The molecule has 1 aromatic rings. The SMILES string of the molecule is CC(C)N1CCOC(c2noc(C3CCC(CN)O3)n2)C1. The first kappa shape index (κ1) is 14.9. The second-order valence-corrected chi connectivity index (χ2v) is 6.00. The first-order valence-corrected chi connectivity index (χ1v) is 7.72. The van der Waals surface area contributed by atoms with E-state index in [4.69, 9.17) is 19.7 Å². The summed E-state index contributed by atoms with van der Waals surface area (Å²) in [7, 11) is 0. The van der Waals surface area contributed by atoms with E-state index in [-0.39, 0.29) is 18.3 Å². The number of aromatic nitrogens is 2. The highest BCUT2D eigenvalue weighted by Crippen LogP contribution is 2.32. The molecule has 0 aliphatic carbocycles. The number of nitrogens with zero attached hydrogens (tertiary/aromatic N) is 3. The van der Waals surface area contributed by atoms with Crippen LogP contribution in [0.4, 0.5) is 0 Å². The van der Waals surface area contributed by atoms with Crippen LogP contribution >= 0.6 is 0 Å². The summed E-state index contributed by atoms with van der Waals surface area (Å²) in [6, 6.07) is 0.492. The molecule has 0 saturated carbocycles. The summed E-state index contributed by atoms with van der Waals surface area (Å²) in [5.41, 5.74) is 5.62. The van der Waals surface area contributed by atoms with Gasteiger partial charge in [-0.25, -0.2) is 0 Å². The maximum absolute atomic E-state index is 5.78. The molecule has 2 N–H and O–H groups in total. The van der Waals surface area contributed by atoms with Gasteiger partial charge >= 0.3 is 0 Å². The summed E-state index contributed by atoms with van der Waals surface area (Å²) in [5, 5.41) is 4.08. The van der Waals surface area contributed by atoms with Crippen LogP contribution in [-0.2, 0) is 9.47 Å². The number of rotatable bonds is 4. The van der Waals surface area contributed by atoms with Crippen molar-refractivity contribution in [3.8, 4) is 0 Å². The zero-order valence-corrected chi connectivity index (χ0v) is 12.7. The molecule has 7 heteroatoms. The van der Waals surface area contributed by atoms with Gasteiger partial charge in [-0.3, -0.25) is 4.90 Å². The molecular formula is C14H24N4O3. The first-order valence-electron chi connectivity index (χ1n) is 7.72. The lowest BCUT2D eigenvalue weighted by molar-refractivity contribution is -0.0450. The third kappa shape index (κ3) is 3.26. The standard InChI is InChI=1S/C14H24N4O3/c1-9(2)18-5-6-19-12(8-18)13-16-14(21-17-13)11-4-3-10(7-15)20-11/h9-12H,3-8,15H2,1-2H3. The smallest absolute Gasteiger partial charge is 0.255 e. The summed E-state index contributed by atoms with van der Waals surface area (Å²) in [6.07, 6.45) is 1.69. The molecule has 3 rings (SSSR count). The Balaban J connectivity index is 1.65. The average molecular weight is 296 g/mol. The predicted octanol–water partition coefficient (Wildman–Crippen LogP) is 1.03. The fraction of sp³-hybridized carbons (Fsp3) is 0.857. The molecule has 3 heterocycles. The maximum Gasteiger partial charge on any atom is 0.255 e. The van der Waals surface area contributed by atoms with E-state index in [2.05, 4.69) is 28.9 Å². The van der Waals surface area contributed by atoms with Crippen LogP contribution in [0.1, 0.15) is 50.6 Å². The highest BCUT2D eigenvalue weighted by molar-refractivity contribution is 4.98. The van der Waals surface area contributed by atoms with Gasteiger partial charge in [-0.15, -0.1) is 0 Å². The van der Waals surface area contributed by atoms with Crippen LogP contribution in [0.15, 0.2) is 4.52 Å². The van der Waals surface area contributed by atoms with Crippen molar-refractivity contribution in [3.63, 3.8) is 0 Å². The van der Waals surface area contributed by atoms with Gasteiger partial charge in [-0.2, -0.15) is 4.98 Å². The number of hydrogen-bond donors (Lipinski definition) is 1. The Bertz CT molecular complexity index is 465. The Kier molecular flexibility index (Phi) is 4.54. The number of hydrogen-bond acceptors (Lipinski definition) is 7. The largest absolute Gasteiger partial charge is 0.367 e. The van der Waals surface area contributed by atoms with Crippen LogP contribution in [0.2, 0.25) is 0 Å². The maximum atomic E-state index is 5.78. The van der Waals surface area contributed by atoms with Crippen LogP contribution in [-0.4, -0.2) is 53.4 Å². The lowest BCUT2D eigenvalue weighted by atomic mass is 10.2. The Morgan fingerprint density at radius 1 is 1.33 bits per heavy atom. The molecule has 0 radical (unpaired) electrons. The molecular weight excluding hydrogens is 272 g/mol. The molecule has 7 nitrogen and oxygen atoms in total. The van der Waals surface area contributed by atoms with Gasteiger partial charge in [0.2, 0.25) is 5.82 Å². The van der Waals surface area contributed by atoms with Gasteiger partial charge in [0.05, 0.1) is 12.7 Å². The Morgan fingerprint density at radius 2 is 2.19 bits per heavy atom. The number of nitrogens with two attached hydrogens (primary N) is 1. The van der Waals surface area contributed by atoms with Crippen LogP contribution in [0.5, 0.6) is 0 Å². The topological polar surface area (TPSA) is 86.6 Å². The van der Waals surface area contributed by atoms with Gasteiger partial charge in [0.25, 0.3) is 5.89 Å². The second-order valence-electron chi connectivity index (χ2n) is 6.00. The monoisotopic (exact) mass is 296 g/mol. The van der Waals surface area contributed by atoms with Crippen molar-refractivity contribution in [2.24, 2.45) is 5.73 Å². The number of morpholine rings is 1. The molecule has 3 atom stereocenters. The predicted molar refractivity (Wildman–Crippen MR) is 75.6 cm³/mol. The van der Waals surface area contributed by atoms with Crippen molar-refractivity contribution < 1.29 is 14.0 Å². The summed E-state index contributed by atoms with van der Waals surface area (Å²) in [4.78, 5) is 6.85. The van der Waals surface area contributed by atoms with E-state index in [0.29, 0.717) is 30.9 Å². The van der Waals surface area contributed by atoms with Crippen molar-refractivity contribution in [3.05, 3.63) is 11.7 Å². The highest BCUT2D eigenvalue weighted by atomic mass is 16.5. The molecule has 0 spiro atoms. The third-order valence-corrected chi connectivity index (χ3v) is 4.22. The van der Waals surface area contributed by atoms with Crippen LogP contribution in [0, 0.1) is 0 Å². The van der Waals surface area contributed by atoms with Gasteiger partial charge < -0.3 is 19.7 Å². The van der Waals surface area contributed by atoms with Gasteiger partial charge in [-0.1, -0.05) is 5.16 Å². The van der Waals surface area contributed by atoms with Crippen molar-refractivity contribution in [1.82, 2.24) is 15.0 Å². The van der Waals surface area contributed by atoms with E-state index in [1.807, 2.05) is 0 Å². The lowest BCUT2D eigenvalue weighted by Crippen LogP contribution is -2.42. The molecule has 2 aliphatic rings. The fourth-order valence-corrected chi connectivity index (χ4v) is 2.86. The summed E-state index contributed by atoms with van der Waals surface area (Å²) < 4.78 is 16.9. The second kappa shape index (κ2) is 6.39. The molecule has 0 amide bonds. The fourth-order valence-electron chi connectivity index (χ4n) is 2.86. The molecule has 2 fully saturated rings. The van der Waals surface area contributed by atoms with Gasteiger partial charge in [0.15, 0.2) is 0 Å². The summed E-state index contributed by atoms with van der Waals surface area (Å²) in [6.45, 7) is 7.34. The zero-order valence-electron chi connectivity index (χ0n) is 12.7. The van der Waals surface area contributed by atoms with E-state index in [1.165, 1.54) is 0 Å². The van der Waals surface area contributed by atoms with E-state index in [1.54, 1.807) is 0 Å². The molecule has 118 valence electrons. The minimum Gasteiger partial charge on any atom is -0.367 e. The average Bonchev–Trinajstić information content (AvgIpc) is 3.16. The molecule has 2 saturated heterocycles. The molecule has 21 heavy (non-hydrogen) atoms. The quantitative estimate of drug-likeness (QED) is 0.888. The van der Waals surface area contributed by atoms with Crippen molar-refractivity contribution >= 4 is 0 Å². The summed E-state index contributed by atoms with van der Waals surface area (Å²) >= 11 is 0. The van der Waals surface area contributed by atoms with Crippen molar-refractivity contribution in [2.75, 3.05) is 26.2 Å². The zero-order chi connectivity index (χ0) is 14.8. The van der Waals surface area contributed by atoms with E-state index >= 15 is 0 Å². The van der Waals surface area contributed by atoms with Crippen molar-refractivity contribution in [2.45, 2.75) is 51.0 Å². The van der Waals surface area contributed by atoms with E-state index in [0.717, 1.165) is 25.9 Å². The lowest BCUT2D eigenvalue weighted by Gasteiger charge is -2.34. The van der Waals surface area contributed by atoms with Gasteiger partial charge in [-0.05, 0) is 26.7 Å². The van der Waals surface area contributed by atoms with Crippen LogP contribution in [0.3, 0.4) is 0 Å². The van der Waals surface area contributed by atoms with Crippen LogP contribution < -0.4 is 5.73 Å². The Morgan fingerprint density at radius 3 is 2.90 bits per heavy atom. The first-order chi connectivity index (χ1) is 10.2.